The van der Waals surface area contributed by atoms with Gasteiger partial charge < -0.3 is 0 Å². The van der Waals surface area contributed by atoms with Crippen LogP contribution in [0.2, 0.25) is 0 Å². The van der Waals surface area contributed by atoms with Gasteiger partial charge in [0.05, 0.1) is 4.95 Å². The Morgan fingerprint density at radius 3 is 1.89 bits per heavy atom. The van der Waals surface area contributed by atoms with Crippen molar-refractivity contribution in [2.75, 3.05) is 14.1 Å². The van der Waals surface area contributed by atoms with Gasteiger partial charge in [-0.3, -0.25) is 4.90 Å². The highest BCUT2D eigenvalue weighted by Crippen LogP contribution is 2.13. The standard InChI is InChI=1S/C7H16BrN/c1-6(2)5-7(8)9(3)4/h6-7H,5H2,1-4H3. The molecule has 0 aromatic heterocycles. The lowest BCUT2D eigenvalue weighted by Crippen LogP contribution is -2.23. The Hall–Kier alpha value is 0.440. The van der Waals surface area contributed by atoms with E-state index in [0.29, 0.717) is 4.95 Å². The van der Waals surface area contributed by atoms with Crippen LogP contribution in [-0.2, 0) is 0 Å². The van der Waals surface area contributed by atoms with Gasteiger partial charge in [0, 0.05) is 0 Å². The first-order valence-electron chi connectivity index (χ1n) is 3.34. The minimum absolute atomic E-state index is 0.539. The van der Waals surface area contributed by atoms with Crippen molar-refractivity contribution in [3.05, 3.63) is 0 Å². The summed E-state index contributed by atoms with van der Waals surface area (Å²) in [4.78, 5) is 2.72. The van der Waals surface area contributed by atoms with Crippen molar-refractivity contribution in [3.63, 3.8) is 0 Å². The second-order valence-corrected chi connectivity index (χ2v) is 4.08. The smallest absolute Gasteiger partial charge is 0.0653 e. The summed E-state index contributed by atoms with van der Waals surface area (Å²) in [6.07, 6.45) is 1.22. The number of halogens is 1. The highest BCUT2D eigenvalue weighted by atomic mass is 79.9. The Balaban J connectivity index is 3.38. The predicted molar refractivity (Wildman–Crippen MR) is 45.9 cm³/mol. The third kappa shape index (κ3) is 4.91. The zero-order valence-corrected chi connectivity index (χ0v) is 8.27. The quantitative estimate of drug-likeness (QED) is 0.492. The van der Waals surface area contributed by atoms with E-state index < -0.39 is 0 Å². The maximum absolute atomic E-state index is 3.57. The molecule has 56 valence electrons. The Bertz CT molecular complexity index is 71.3. The first-order valence-corrected chi connectivity index (χ1v) is 4.26. The highest BCUT2D eigenvalue weighted by molar-refractivity contribution is 9.09. The number of alkyl halides is 1. The van der Waals surface area contributed by atoms with Gasteiger partial charge >= 0.3 is 0 Å². The van der Waals surface area contributed by atoms with Crippen LogP contribution in [-0.4, -0.2) is 23.9 Å². The van der Waals surface area contributed by atoms with E-state index in [4.69, 9.17) is 0 Å². The van der Waals surface area contributed by atoms with E-state index in [1.807, 2.05) is 0 Å². The molecule has 2 heteroatoms. The SMILES string of the molecule is CC(C)CC(Br)N(C)C. The summed E-state index contributed by atoms with van der Waals surface area (Å²) in [6.45, 7) is 4.47. The summed E-state index contributed by atoms with van der Waals surface area (Å²) in [7, 11) is 4.17. The summed E-state index contributed by atoms with van der Waals surface area (Å²) in [5, 5.41) is 0. The fourth-order valence-corrected chi connectivity index (χ4v) is 1.35. The lowest BCUT2D eigenvalue weighted by atomic mass is 10.1. The molecule has 1 unspecified atom stereocenters. The molecule has 0 aliphatic rings. The van der Waals surface area contributed by atoms with Crippen LogP contribution in [0.25, 0.3) is 0 Å². The monoisotopic (exact) mass is 193 g/mol. The second-order valence-electron chi connectivity index (χ2n) is 3.03. The Labute approximate surface area is 66.6 Å². The van der Waals surface area contributed by atoms with Crippen molar-refractivity contribution in [1.29, 1.82) is 0 Å². The lowest BCUT2D eigenvalue weighted by molar-refractivity contribution is 0.344. The molecule has 0 rings (SSSR count). The molecule has 0 aromatic carbocycles. The van der Waals surface area contributed by atoms with Gasteiger partial charge in [0.2, 0.25) is 0 Å². The molecule has 0 saturated heterocycles. The molecule has 0 saturated carbocycles. The average molecular weight is 194 g/mol. The van der Waals surface area contributed by atoms with E-state index in [1.54, 1.807) is 0 Å². The van der Waals surface area contributed by atoms with Crippen molar-refractivity contribution in [2.45, 2.75) is 25.2 Å². The molecule has 0 fully saturated rings. The van der Waals surface area contributed by atoms with Crippen LogP contribution >= 0.6 is 15.9 Å². The van der Waals surface area contributed by atoms with Gasteiger partial charge in [-0.2, -0.15) is 0 Å². The van der Waals surface area contributed by atoms with E-state index in [1.165, 1.54) is 6.42 Å². The van der Waals surface area contributed by atoms with E-state index in [-0.39, 0.29) is 0 Å². The molecule has 0 aliphatic heterocycles. The number of nitrogens with zero attached hydrogens (tertiary/aromatic N) is 1. The molecule has 9 heavy (non-hydrogen) atoms. The lowest BCUT2D eigenvalue weighted by Gasteiger charge is -2.19. The summed E-state index contributed by atoms with van der Waals surface area (Å²) < 4.78 is 0. The Morgan fingerprint density at radius 2 is 1.78 bits per heavy atom. The Morgan fingerprint density at radius 1 is 1.33 bits per heavy atom. The maximum atomic E-state index is 3.57. The van der Waals surface area contributed by atoms with Gasteiger partial charge in [-0.15, -0.1) is 0 Å². The summed E-state index contributed by atoms with van der Waals surface area (Å²) in [5.74, 6) is 0.775. The fraction of sp³-hybridized carbons (Fsp3) is 1.00. The molecule has 0 bridgehead atoms. The molecule has 1 atom stereocenters. The maximum Gasteiger partial charge on any atom is 0.0653 e. The molecule has 0 radical (unpaired) electrons. The van der Waals surface area contributed by atoms with Crippen LogP contribution in [0.5, 0.6) is 0 Å². The van der Waals surface area contributed by atoms with Crippen molar-refractivity contribution in [3.8, 4) is 0 Å². The molecule has 1 nitrogen and oxygen atoms in total. The van der Waals surface area contributed by atoms with E-state index in [0.717, 1.165) is 5.92 Å². The van der Waals surface area contributed by atoms with Crippen LogP contribution in [0.1, 0.15) is 20.3 Å². The normalized spacial score (nSPS) is 15.0. The zero-order chi connectivity index (χ0) is 7.44. The van der Waals surface area contributed by atoms with E-state index in [2.05, 4.69) is 48.8 Å². The van der Waals surface area contributed by atoms with Crippen LogP contribution in [0.4, 0.5) is 0 Å². The molecular weight excluding hydrogens is 178 g/mol. The highest BCUT2D eigenvalue weighted by Gasteiger charge is 2.07. The first-order chi connectivity index (χ1) is 4.04. The van der Waals surface area contributed by atoms with Crippen molar-refractivity contribution in [1.82, 2.24) is 4.90 Å². The van der Waals surface area contributed by atoms with E-state index in [9.17, 15) is 0 Å². The van der Waals surface area contributed by atoms with Gasteiger partial charge in [0.1, 0.15) is 0 Å². The molecule has 0 aliphatic carbocycles. The molecule has 0 N–H and O–H groups in total. The minimum atomic E-state index is 0.539. The van der Waals surface area contributed by atoms with Crippen molar-refractivity contribution >= 4 is 15.9 Å². The third-order valence-electron chi connectivity index (χ3n) is 1.23. The minimum Gasteiger partial charge on any atom is -0.297 e. The largest absolute Gasteiger partial charge is 0.297 e. The third-order valence-corrected chi connectivity index (χ3v) is 2.42. The summed E-state index contributed by atoms with van der Waals surface area (Å²) >= 11 is 3.57. The summed E-state index contributed by atoms with van der Waals surface area (Å²) in [6, 6.07) is 0. The van der Waals surface area contributed by atoms with Gasteiger partial charge in [0.25, 0.3) is 0 Å². The predicted octanol–water partition coefficient (Wildman–Crippen LogP) is 2.32. The van der Waals surface area contributed by atoms with Crippen LogP contribution in [0, 0.1) is 5.92 Å². The van der Waals surface area contributed by atoms with Gasteiger partial charge in [-0.1, -0.05) is 29.8 Å². The molecular formula is C7H16BrN. The molecule has 0 heterocycles. The van der Waals surface area contributed by atoms with Gasteiger partial charge in [-0.05, 0) is 26.4 Å². The van der Waals surface area contributed by atoms with E-state index >= 15 is 0 Å². The topological polar surface area (TPSA) is 3.24 Å². The number of hydrogen-bond donors (Lipinski definition) is 0. The average Bonchev–Trinajstić information content (AvgIpc) is 1.63. The van der Waals surface area contributed by atoms with Crippen molar-refractivity contribution in [2.24, 2.45) is 5.92 Å². The first kappa shape index (κ1) is 9.44. The number of rotatable bonds is 3. The second kappa shape index (κ2) is 4.29. The van der Waals surface area contributed by atoms with Crippen LogP contribution in [0.3, 0.4) is 0 Å². The van der Waals surface area contributed by atoms with Crippen molar-refractivity contribution < 1.29 is 0 Å². The fourth-order valence-electron chi connectivity index (χ4n) is 0.600. The molecule has 0 spiro atoms. The molecule has 0 aromatic rings. The van der Waals surface area contributed by atoms with Gasteiger partial charge in [-0.25, -0.2) is 0 Å². The van der Waals surface area contributed by atoms with Crippen LogP contribution < -0.4 is 0 Å². The Kier molecular flexibility index (Phi) is 4.50. The molecule has 0 amide bonds. The van der Waals surface area contributed by atoms with Crippen LogP contribution in [0.15, 0.2) is 0 Å². The zero-order valence-electron chi connectivity index (χ0n) is 6.69. The number of hydrogen-bond acceptors (Lipinski definition) is 1. The summed E-state index contributed by atoms with van der Waals surface area (Å²) in [5.41, 5.74) is 0. The van der Waals surface area contributed by atoms with Gasteiger partial charge in [0.15, 0.2) is 0 Å².